The summed E-state index contributed by atoms with van der Waals surface area (Å²) in [4.78, 5) is 21.6. The molecule has 10 heteroatoms. The molecule has 1 N–H and O–H groups in total. The lowest BCUT2D eigenvalue weighted by Gasteiger charge is -2.16. The number of allylic oxidation sites excluding steroid dienone is 5. The molecule has 3 heterocycles. The van der Waals surface area contributed by atoms with E-state index < -0.39 is 11.7 Å². The zero-order chi connectivity index (χ0) is 27.5. The molecule has 0 saturated carbocycles. The Morgan fingerprint density at radius 3 is 2.58 bits per heavy atom. The van der Waals surface area contributed by atoms with Gasteiger partial charge in [-0.1, -0.05) is 25.2 Å². The van der Waals surface area contributed by atoms with Crippen LogP contribution in [0.5, 0.6) is 0 Å². The number of carbonyl (C=O) groups excluding carboxylic acids is 1. The van der Waals surface area contributed by atoms with Crippen molar-refractivity contribution < 1.29 is 18.0 Å². The summed E-state index contributed by atoms with van der Waals surface area (Å²) in [5, 5.41) is 7.80. The van der Waals surface area contributed by atoms with Crippen LogP contribution in [0.4, 0.5) is 18.9 Å². The molecule has 0 aliphatic heterocycles. The van der Waals surface area contributed by atoms with E-state index in [4.69, 9.17) is 0 Å². The molecule has 0 unspecified atom stereocenters. The largest absolute Gasteiger partial charge is 0.417 e. The summed E-state index contributed by atoms with van der Waals surface area (Å²) in [5.74, 6) is 0. The summed E-state index contributed by atoms with van der Waals surface area (Å²) < 4.78 is 40.3. The van der Waals surface area contributed by atoms with E-state index in [1.54, 1.807) is 48.5 Å². The van der Waals surface area contributed by atoms with Crippen LogP contribution in [0, 0.1) is 0 Å². The fourth-order valence-electron chi connectivity index (χ4n) is 3.73. The summed E-state index contributed by atoms with van der Waals surface area (Å²) in [7, 11) is 2.09. The lowest BCUT2D eigenvalue weighted by Crippen LogP contribution is -2.25. The van der Waals surface area contributed by atoms with Crippen LogP contribution in [-0.4, -0.2) is 57.6 Å². The third-order valence-corrected chi connectivity index (χ3v) is 5.68. The van der Waals surface area contributed by atoms with Crippen LogP contribution >= 0.6 is 0 Å². The van der Waals surface area contributed by atoms with Gasteiger partial charge in [0.1, 0.15) is 6.29 Å². The van der Waals surface area contributed by atoms with Crippen molar-refractivity contribution in [3.8, 4) is 11.1 Å². The topological polar surface area (TPSA) is 75.9 Å². The molecule has 0 radical (unpaired) electrons. The number of halogens is 3. The van der Waals surface area contributed by atoms with Crippen LogP contribution in [-0.2, 0) is 11.0 Å². The number of rotatable bonds is 12. The Hall–Kier alpha value is -4.05. The first-order chi connectivity index (χ1) is 18.2. The second-order valence-electron chi connectivity index (χ2n) is 8.77. The predicted octanol–water partition coefficient (Wildman–Crippen LogP) is 5.81. The number of nitrogens with one attached hydrogen (secondary N) is 1. The number of alkyl halides is 3. The fourth-order valence-corrected chi connectivity index (χ4v) is 3.73. The van der Waals surface area contributed by atoms with Gasteiger partial charge in [0.25, 0.3) is 0 Å². The Balaban J connectivity index is 1.73. The average Bonchev–Trinajstić information content (AvgIpc) is 3.37. The standard InChI is InChI=1S/C28H31F3N6O/c1-4-10-36(3)11-9-34-26-14-23(16-33-19-26)24-17-35-37(20-24)27(8-12-38)21(2)6-5-7-22-13-25(18-32-15-22)28(29,30)31/h5-8,12-20,34H,4,9-11H2,1-3H3/b7-5+,21-6-,27-8+. The van der Waals surface area contributed by atoms with Crippen LogP contribution in [0.2, 0.25) is 0 Å². The quantitative estimate of drug-likeness (QED) is 0.183. The number of aldehydes is 1. The summed E-state index contributed by atoms with van der Waals surface area (Å²) in [6.07, 6.45) is 12.6. The van der Waals surface area contributed by atoms with E-state index in [1.807, 2.05) is 6.07 Å². The van der Waals surface area contributed by atoms with Crippen molar-refractivity contribution in [3.05, 3.63) is 84.2 Å². The summed E-state index contributed by atoms with van der Waals surface area (Å²) in [6.45, 7) is 6.69. The van der Waals surface area contributed by atoms with Crippen molar-refractivity contribution in [2.75, 3.05) is 32.0 Å². The maximum absolute atomic E-state index is 12.9. The molecule has 0 amide bonds. The second kappa shape index (κ2) is 13.5. The first kappa shape index (κ1) is 28.5. The molecule has 0 aliphatic carbocycles. The highest BCUT2D eigenvalue weighted by atomic mass is 19.4. The number of pyridine rings is 2. The van der Waals surface area contributed by atoms with E-state index in [9.17, 15) is 18.0 Å². The molecular weight excluding hydrogens is 493 g/mol. The number of anilines is 1. The van der Waals surface area contributed by atoms with Crippen LogP contribution < -0.4 is 5.32 Å². The average molecular weight is 525 g/mol. The highest BCUT2D eigenvalue weighted by Crippen LogP contribution is 2.29. The second-order valence-corrected chi connectivity index (χ2v) is 8.77. The molecule has 0 fully saturated rings. The first-order valence-corrected chi connectivity index (χ1v) is 12.2. The lowest BCUT2D eigenvalue weighted by atomic mass is 10.1. The molecule has 3 aromatic rings. The van der Waals surface area contributed by atoms with Crippen molar-refractivity contribution in [2.45, 2.75) is 26.4 Å². The normalized spacial score (nSPS) is 12.9. The van der Waals surface area contributed by atoms with Crippen LogP contribution in [0.3, 0.4) is 0 Å². The third kappa shape index (κ3) is 8.24. The number of carbonyl (C=O) groups is 1. The number of nitrogens with zero attached hydrogens (tertiary/aromatic N) is 5. The molecule has 0 bridgehead atoms. The zero-order valence-electron chi connectivity index (χ0n) is 21.6. The predicted molar refractivity (Wildman–Crippen MR) is 144 cm³/mol. The molecule has 38 heavy (non-hydrogen) atoms. The van der Waals surface area contributed by atoms with Gasteiger partial charge in [0, 0.05) is 61.3 Å². The van der Waals surface area contributed by atoms with Gasteiger partial charge in [-0.3, -0.25) is 14.8 Å². The third-order valence-electron chi connectivity index (χ3n) is 5.68. The Kier molecular flexibility index (Phi) is 10.1. The Morgan fingerprint density at radius 2 is 1.84 bits per heavy atom. The molecule has 3 aromatic heterocycles. The SMILES string of the molecule is CCCN(C)CCNc1cncc(-c2cnn(C(=C/C=O)/C(C)=C\C=C\c3cncc(C(F)(F)F)c3)c2)c1. The van der Waals surface area contributed by atoms with Crippen molar-refractivity contribution in [2.24, 2.45) is 0 Å². The maximum Gasteiger partial charge on any atom is 0.417 e. The van der Waals surface area contributed by atoms with Crippen molar-refractivity contribution in [3.63, 3.8) is 0 Å². The van der Waals surface area contributed by atoms with E-state index in [0.29, 0.717) is 23.1 Å². The van der Waals surface area contributed by atoms with E-state index in [2.05, 4.69) is 39.3 Å². The smallest absolute Gasteiger partial charge is 0.382 e. The highest BCUT2D eigenvalue weighted by molar-refractivity contribution is 5.81. The van der Waals surface area contributed by atoms with E-state index >= 15 is 0 Å². The van der Waals surface area contributed by atoms with E-state index in [-0.39, 0.29) is 0 Å². The lowest BCUT2D eigenvalue weighted by molar-refractivity contribution is -0.137. The summed E-state index contributed by atoms with van der Waals surface area (Å²) >= 11 is 0. The van der Waals surface area contributed by atoms with Crippen LogP contribution in [0.1, 0.15) is 31.4 Å². The number of hydrogen-bond donors (Lipinski definition) is 1. The van der Waals surface area contributed by atoms with Gasteiger partial charge in [0.2, 0.25) is 0 Å². The van der Waals surface area contributed by atoms with Gasteiger partial charge >= 0.3 is 6.18 Å². The Labute approximate surface area is 220 Å². The molecule has 200 valence electrons. The molecule has 7 nitrogen and oxygen atoms in total. The highest BCUT2D eigenvalue weighted by Gasteiger charge is 2.30. The molecule has 3 rings (SSSR count). The van der Waals surface area contributed by atoms with Crippen LogP contribution in [0.25, 0.3) is 22.9 Å². The summed E-state index contributed by atoms with van der Waals surface area (Å²) in [5.41, 5.74) is 3.29. The molecule has 0 atom stereocenters. The molecule has 0 spiro atoms. The van der Waals surface area contributed by atoms with Gasteiger partial charge in [-0.05, 0) is 50.2 Å². The Bertz CT molecular complexity index is 1310. The molecular formula is C28H31F3N6O. The molecule has 0 aliphatic rings. The molecule has 0 saturated heterocycles. The minimum Gasteiger partial charge on any atom is -0.382 e. The minimum absolute atomic E-state index is 0.309. The monoisotopic (exact) mass is 524 g/mol. The van der Waals surface area contributed by atoms with Gasteiger partial charge in [-0.2, -0.15) is 18.3 Å². The maximum atomic E-state index is 12.9. The summed E-state index contributed by atoms with van der Waals surface area (Å²) in [6, 6.07) is 3.01. The number of aromatic nitrogens is 4. The van der Waals surface area contributed by atoms with Gasteiger partial charge in [0.15, 0.2) is 0 Å². The van der Waals surface area contributed by atoms with Crippen molar-refractivity contribution >= 4 is 23.7 Å². The van der Waals surface area contributed by atoms with Gasteiger partial charge in [-0.25, -0.2) is 4.68 Å². The van der Waals surface area contributed by atoms with Crippen LogP contribution in [0.15, 0.2) is 73.1 Å². The first-order valence-electron chi connectivity index (χ1n) is 12.2. The zero-order valence-corrected chi connectivity index (χ0v) is 21.6. The van der Waals surface area contributed by atoms with E-state index in [0.717, 1.165) is 55.1 Å². The van der Waals surface area contributed by atoms with Gasteiger partial charge in [-0.15, -0.1) is 0 Å². The fraction of sp³-hybridized carbons (Fsp3) is 0.286. The van der Waals surface area contributed by atoms with Gasteiger partial charge in [0.05, 0.1) is 23.1 Å². The minimum atomic E-state index is -4.46. The van der Waals surface area contributed by atoms with E-state index in [1.165, 1.54) is 18.3 Å². The molecule has 0 aromatic carbocycles. The number of hydrogen-bond acceptors (Lipinski definition) is 6. The van der Waals surface area contributed by atoms with Crippen molar-refractivity contribution in [1.29, 1.82) is 0 Å². The van der Waals surface area contributed by atoms with Crippen molar-refractivity contribution in [1.82, 2.24) is 24.6 Å². The Morgan fingerprint density at radius 1 is 1.05 bits per heavy atom. The van der Waals surface area contributed by atoms with Gasteiger partial charge < -0.3 is 10.2 Å². The number of likely N-dealkylation sites (N-methyl/N-ethyl adjacent to an activating group) is 1.